The van der Waals surface area contributed by atoms with Crippen LogP contribution in [0.2, 0.25) is 0 Å². The van der Waals surface area contributed by atoms with Crippen molar-refractivity contribution in [1.82, 2.24) is 19.7 Å². The minimum atomic E-state index is -0.480. The van der Waals surface area contributed by atoms with Gasteiger partial charge in [-0.05, 0) is 27.7 Å². The number of β-amino-alcohol motifs (C(OH)–C–C–N with tert-alkyl or cyclic N) is 1. The van der Waals surface area contributed by atoms with Gasteiger partial charge in [-0.2, -0.15) is 0 Å². The number of amides is 1. The number of aliphatic hydroxyl groups is 1. The zero-order chi connectivity index (χ0) is 20.0. The molecule has 27 heavy (non-hydrogen) atoms. The molecule has 0 radical (unpaired) electrons. The number of aliphatic hydroxyl groups excluding tert-OH is 1. The largest absolute Gasteiger partial charge is 0.447 e. The fraction of sp³-hybridized carbons (Fsp3) is 0.789. The van der Waals surface area contributed by atoms with Crippen molar-refractivity contribution in [1.29, 1.82) is 0 Å². The van der Waals surface area contributed by atoms with Crippen molar-refractivity contribution in [3.63, 3.8) is 0 Å². The lowest BCUT2D eigenvalue weighted by Gasteiger charge is -2.35. The average Bonchev–Trinajstić information content (AvgIpc) is 3.08. The molecule has 8 heteroatoms. The van der Waals surface area contributed by atoms with Crippen molar-refractivity contribution in [3.05, 3.63) is 17.8 Å². The van der Waals surface area contributed by atoms with Crippen LogP contribution < -0.4 is 0 Å². The van der Waals surface area contributed by atoms with Gasteiger partial charge in [0.05, 0.1) is 24.9 Å². The Morgan fingerprint density at radius 3 is 2.56 bits per heavy atom. The number of hydrogen-bond acceptors (Lipinski definition) is 7. The molecule has 154 valence electrons. The molecule has 0 aliphatic carbocycles. The highest BCUT2D eigenvalue weighted by atomic mass is 16.5. The number of rotatable bonds is 8. The summed E-state index contributed by atoms with van der Waals surface area (Å²) >= 11 is 0. The molecule has 1 saturated heterocycles. The molecule has 1 amide bonds. The standard InChI is InChI=1S/C19H34N4O4/c1-6-21(5)18(25)16-14-26-17(20-16)12-23-9-7-22(8-10-23)11-15(24)13-27-19(2,3)4/h14-15,24H,6-13H2,1-5H3. The van der Waals surface area contributed by atoms with Crippen LogP contribution in [-0.2, 0) is 11.3 Å². The Morgan fingerprint density at radius 2 is 1.96 bits per heavy atom. The third-order valence-electron chi connectivity index (χ3n) is 4.59. The third kappa shape index (κ3) is 7.21. The van der Waals surface area contributed by atoms with E-state index in [1.54, 1.807) is 11.9 Å². The molecular weight excluding hydrogens is 348 g/mol. The molecule has 0 spiro atoms. The molecular formula is C19H34N4O4. The topological polar surface area (TPSA) is 82.3 Å². The molecule has 0 bridgehead atoms. The minimum absolute atomic E-state index is 0.121. The fourth-order valence-electron chi connectivity index (χ4n) is 2.84. The summed E-state index contributed by atoms with van der Waals surface area (Å²) in [5.41, 5.74) is 0.122. The number of piperazine rings is 1. The van der Waals surface area contributed by atoms with E-state index in [1.807, 2.05) is 27.7 Å². The Morgan fingerprint density at radius 1 is 1.33 bits per heavy atom. The second-order valence-electron chi connectivity index (χ2n) is 8.10. The monoisotopic (exact) mass is 382 g/mol. The van der Waals surface area contributed by atoms with Gasteiger partial charge in [-0.15, -0.1) is 0 Å². The van der Waals surface area contributed by atoms with Gasteiger partial charge < -0.3 is 19.2 Å². The van der Waals surface area contributed by atoms with E-state index in [4.69, 9.17) is 9.15 Å². The summed E-state index contributed by atoms with van der Waals surface area (Å²) < 4.78 is 11.1. The molecule has 2 rings (SSSR count). The van der Waals surface area contributed by atoms with Crippen LogP contribution in [0.4, 0.5) is 0 Å². The van der Waals surface area contributed by atoms with Crippen LogP contribution in [0, 0.1) is 0 Å². The zero-order valence-corrected chi connectivity index (χ0v) is 17.3. The van der Waals surface area contributed by atoms with E-state index in [9.17, 15) is 9.90 Å². The average molecular weight is 383 g/mol. The van der Waals surface area contributed by atoms with Crippen molar-refractivity contribution in [2.24, 2.45) is 0 Å². The summed E-state index contributed by atoms with van der Waals surface area (Å²) in [5, 5.41) is 10.1. The SMILES string of the molecule is CCN(C)C(=O)c1coc(CN2CCN(CC(O)COC(C)(C)C)CC2)n1. The molecule has 1 N–H and O–H groups in total. The van der Waals surface area contributed by atoms with Crippen molar-refractivity contribution in [3.8, 4) is 0 Å². The zero-order valence-electron chi connectivity index (χ0n) is 17.3. The summed E-state index contributed by atoms with van der Waals surface area (Å²) in [6, 6.07) is 0. The lowest BCUT2D eigenvalue weighted by Crippen LogP contribution is -2.49. The Labute approximate surface area is 162 Å². The second kappa shape index (κ2) is 9.64. The number of ether oxygens (including phenoxy) is 1. The number of oxazole rings is 1. The van der Waals surface area contributed by atoms with Crippen molar-refractivity contribution in [2.45, 2.75) is 45.9 Å². The number of hydrogen-bond donors (Lipinski definition) is 1. The Kier molecular flexibility index (Phi) is 7.79. The van der Waals surface area contributed by atoms with Gasteiger partial charge in [-0.1, -0.05) is 0 Å². The second-order valence-corrected chi connectivity index (χ2v) is 8.10. The molecule has 0 saturated carbocycles. The van der Waals surface area contributed by atoms with Crippen molar-refractivity contribution in [2.75, 3.05) is 52.9 Å². The Balaban J connectivity index is 1.73. The predicted molar refractivity (Wildman–Crippen MR) is 103 cm³/mol. The first kappa shape index (κ1) is 21.8. The van der Waals surface area contributed by atoms with Gasteiger partial charge >= 0.3 is 0 Å². The van der Waals surface area contributed by atoms with Gasteiger partial charge in [0.25, 0.3) is 5.91 Å². The highest BCUT2D eigenvalue weighted by Crippen LogP contribution is 2.12. The van der Waals surface area contributed by atoms with E-state index >= 15 is 0 Å². The highest BCUT2D eigenvalue weighted by Gasteiger charge is 2.22. The summed E-state index contributed by atoms with van der Waals surface area (Å²) in [5.74, 6) is 0.443. The molecule has 2 heterocycles. The number of aromatic nitrogens is 1. The molecule has 1 aliphatic rings. The van der Waals surface area contributed by atoms with Crippen LogP contribution in [0.5, 0.6) is 0 Å². The molecule has 8 nitrogen and oxygen atoms in total. The summed E-state index contributed by atoms with van der Waals surface area (Å²) in [6.07, 6.45) is 0.956. The van der Waals surface area contributed by atoms with Crippen LogP contribution in [0.15, 0.2) is 10.7 Å². The van der Waals surface area contributed by atoms with Gasteiger partial charge in [0.15, 0.2) is 5.69 Å². The van der Waals surface area contributed by atoms with Crippen molar-refractivity contribution < 1.29 is 19.1 Å². The smallest absolute Gasteiger partial charge is 0.275 e. The lowest BCUT2D eigenvalue weighted by atomic mass is 10.2. The summed E-state index contributed by atoms with van der Waals surface area (Å²) in [4.78, 5) is 22.5. The van der Waals surface area contributed by atoms with E-state index in [-0.39, 0.29) is 11.5 Å². The van der Waals surface area contributed by atoms with Gasteiger partial charge in [0.2, 0.25) is 5.89 Å². The number of carbonyl (C=O) groups excluding carboxylic acids is 1. The van der Waals surface area contributed by atoms with Crippen LogP contribution in [-0.4, -0.2) is 95.3 Å². The van der Waals surface area contributed by atoms with Crippen LogP contribution in [0.25, 0.3) is 0 Å². The van der Waals surface area contributed by atoms with E-state index in [0.29, 0.717) is 37.8 Å². The van der Waals surface area contributed by atoms with Gasteiger partial charge in [0, 0.05) is 46.3 Å². The molecule has 1 aliphatic heterocycles. The lowest BCUT2D eigenvalue weighted by molar-refractivity contribution is -0.0588. The maximum Gasteiger partial charge on any atom is 0.275 e. The molecule has 0 aromatic carbocycles. The predicted octanol–water partition coefficient (Wildman–Crippen LogP) is 1.06. The minimum Gasteiger partial charge on any atom is -0.447 e. The molecule has 1 aromatic rings. The van der Waals surface area contributed by atoms with E-state index < -0.39 is 6.10 Å². The molecule has 1 unspecified atom stereocenters. The van der Waals surface area contributed by atoms with E-state index in [2.05, 4.69) is 14.8 Å². The van der Waals surface area contributed by atoms with Crippen LogP contribution >= 0.6 is 0 Å². The summed E-state index contributed by atoms with van der Waals surface area (Å²) in [7, 11) is 1.75. The normalized spacial score (nSPS) is 17.9. The first-order valence-corrected chi connectivity index (χ1v) is 9.64. The Bertz CT molecular complexity index is 591. The van der Waals surface area contributed by atoms with Crippen LogP contribution in [0.1, 0.15) is 44.1 Å². The third-order valence-corrected chi connectivity index (χ3v) is 4.59. The summed E-state index contributed by atoms with van der Waals surface area (Å²) in [6.45, 7) is 13.6. The maximum atomic E-state index is 12.1. The number of carbonyl (C=O) groups is 1. The maximum absolute atomic E-state index is 12.1. The highest BCUT2D eigenvalue weighted by molar-refractivity contribution is 5.91. The van der Waals surface area contributed by atoms with Gasteiger partial charge in [0.1, 0.15) is 6.26 Å². The Hall–Kier alpha value is -1.48. The quantitative estimate of drug-likeness (QED) is 0.720. The molecule has 1 atom stereocenters. The van der Waals surface area contributed by atoms with Gasteiger partial charge in [-0.3, -0.25) is 14.6 Å². The first-order valence-electron chi connectivity index (χ1n) is 9.64. The first-order chi connectivity index (χ1) is 12.7. The van der Waals surface area contributed by atoms with Crippen LogP contribution in [0.3, 0.4) is 0 Å². The van der Waals surface area contributed by atoms with E-state index in [0.717, 1.165) is 26.2 Å². The number of nitrogens with zero attached hydrogens (tertiary/aromatic N) is 4. The fourth-order valence-corrected chi connectivity index (χ4v) is 2.84. The van der Waals surface area contributed by atoms with Gasteiger partial charge in [-0.25, -0.2) is 4.98 Å². The van der Waals surface area contributed by atoms with E-state index in [1.165, 1.54) is 6.26 Å². The van der Waals surface area contributed by atoms with Crippen molar-refractivity contribution >= 4 is 5.91 Å². The molecule has 1 aromatic heterocycles. The molecule has 1 fully saturated rings.